The molecule has 1 aromatic carbocycles. The molecule has 0 spiro atoms. The summed E-state index contributed by atoms with van der Waals surface area (Å²) in [6.07, 6.45) is 1.85. The number of aromatic nitrogens is 2. The van der Waals surface area contributed by atoms with Crippen LogP contribution in [-0.2, 0) is 6.54 Å². The predicted octanol–water partition coefficient (Wildman–Crippen LogP) is 2.54. The van der Waals surface area contributed by atoms with Crippen LogP contribution in [0.15, 0.2) is 41.5 Å². The van der Waals surface area contributed by atoms with E-state index >= 15 is 0 Å². The summed E-state index contributed by atoms with van der Waals surface area (Å²) in [5.41, 5.74) is 2.15. The molecule has 2 rings (SSSR count). The Morgan fingerprint density at radius 3 is 2.71 bits per heavy atom. The molecule has 3 N–H and O–H groups in total. The molecule has 0 saturated heterocycles. The van der Waals surface area contributed by atoms with Crippen LogP contribution >= 0.6 is 0 Å². The highest BCUT2D eigenvalue weighted by atomic mass is 15.2. The fourth-order valence-corrected chi connectivity index (χ4v) is 1.95. The summed E-state index contributed by atoms with van der Waals surface area (Å²) in [6, 6.07) is 10.5. The van der Waals surface area contributed by atoms with Crippen LogP contribution in [0.2, 0.25) is 0 Å². The van der Waals surface area contributed by atoms with Crippen LogP contribution < -0.4 is 10.6 Å². The van der Waals surface area contributed by atoms with Crippen molar-refractivity contribution in [2.75, 3.05) is 6.54 Å². The van der Waals surface area contributed by atoms with E-state index in [4.69, 9.17) is 0 Å². The van der Waals surface area contributed by atoms with E-state index in [0.717, 1.165) is 29.6 Å². The van der Waals surface area contributed by atoms with Crippen molar-refractivity contribution in [3.63, 3.8) is 0 Å². The molecule has 0 unspecified atom stereocenters. The predicted molar refractivity (Wildman–Crippen MR) is 87.1 cm³/mol. The van der Waals surface area contributed by atoms with Gasteiger partial charge in [0.15, 0.2) is 5.96 Å². The Balaban J connectivity index is 2.04. The number of imidazole rings is 1. The highest BCUT2D eigenvalue weighted by Crippen LogP contribution is 2.16. The third-order valence-corrected chi connectivity index (χ3v) is 2.87. The van der Waals surface area contributed by atoms with Gasteiger partial charge >= 0.3 is 0 Å². The highest BCUT2D eigenvalue weighted by Gasteiger charge is 2.04. The summed E-state index contributed by atoms with van der Waals surface area (Å²) >= 11 is 0. The number of rotatable bonds is 5. The van der Waals surface area contributed by atoms with Crippen molar-refractivity contribution in [1.29, 1.82) is 0 Å². The Morgan fingerprint density at radius 2 is 2.05 bits per heavy atom. The molecule has 5 nitrogen and oxygen atoms in total. The number of hydrogen-bond acceptors (Lipinski definition) is 2. The van der Waals surface area contributed by atoms with Crippen LogP contribution in [-0.4, -0.2) is 28.5 Å². The lowest BCUT2D eigenvalue weighted by Crippen LogP contribution is -2.41. The van der Waals surface area contributed by atoms with Crippen LogP contribution in [0.25, 0.3) is 11.3 Å². The van der Waals surface area contributed by atoms with Gasteiger partial charge in [-0.25, -0.2) is 9.98 Å². The number of nitrogens with one attached hydrogen (secondary N) is 3. The number of H-pyrrole nitrogens is 1. The van der Waals surface area contributed by atoms with E-state index < -0.39 is 0 Å². The fraction of sp³-hybridized carbons (Fsp3) is 0.375. The van der Waals surface area contributed by atoms with E-state index in [1.807, 2.05) is 24.4 Å². The lowest BCUT2D eigenvalue weighted by Gasteiger charge is -2.13. The molecular formula is C16H23N5. The second-order valence-corrected chi connectivity index (χ2v) is 5.10. The number of hydrogen-bond donors (Lipinski definition) is 3. The largest absolute Gasteiger partial charge is 0.357 e. The average Bonchev–Trinajstić information content (AvgIpc) is 2.94. The van der Waals surface area contributed by atoms with Crippen molar-refractivity contribution in [2.24, 2.45) is 4.99 Å². The van der Waals surface area contributed by atoms with Gasteiger partial charge in [-0.15, -0.1) is 0 Å². The fourth-order valence-electron chi connectivity index (χ4n) is 1.95. The average molecular weight is 285 g/mol. The zero-order valence-corrected chi connectivity index (χ0v) is 12.9. The molecule has 0 fully saturated rings. The van der Waals surface area contributed by atoms with E-state index in [1.54, 1.807) is 0 Å². The first kappa shape index (κ1) is 15.1. The SMILES string of the molecule is CCNC(=NCc1ncc(-c2ccccc2)[nH]1)NC(C)C. The van der Waals surface area contributed by atoms with E-state index in [0.29, 0.717) is 12.6 Å². The molecule has 0 bridgehead atoms. The Morgan fingerprint density at radius 1 is 1.29 bits per heavy atom. The van der Waals surface area contributed by atoms with Crippen LogP contribution in [0.1, 0.15) is 26.6 Å². The van der Waals surface area contributed by atoms with Crippen molar-refractivity contribution in [2.45, 2.75) is 33.4 Å². The molecule has 0 saturated carbocycles. The normalized spacial score (nSPS) is 11.7. The summed E-state index contributed by atoms with van der Waals surface area (Å²) in [7, 11) is 0. The second-order valence-electron chi connectivity index (χ2n) is 5.10. The lowest BCUT2D eigenvalue weighted by atomic mass is 10.2. The number of aromatic amines is 1. The smallest absolute Gasteiger partial charge is 0.191 e. The van der Waals surface area contributed by atoms with Gasteiger partial charge in [-0.1, -0.05) is 30.3 Å². The molecule has 112 valence electrons. The molecule has 2 aromatic rings. The van der Waals surface area contributed by atoms with Gasteiger partial charge in [0, 0.05) is 12.6 Å². The monoisotopic (exact) mass is 285 g/mol. The molecule has 5 heteroatoms. The third-order valence-electron chi connectivity index (χ3n) is 2.87. The Bertz CT molecular complexity index is 571. The van der Waals surface area contributed by atoms with Gasteiger partial charge in [-0.3, -0.25) is 0 Å². The summed E-state index contributed by atoms with van der Waals surface area (Å²) in [5.74, 6) is 1.67. The third kappa shape index (κ3) is 4.63. The van der Waals surface area contributed by atoms with E-state index in [-0.39, 0.29) is 0 Å². The van der Waals surface area contributed by atoms with Crippen molar-refractivity contribution in [3.8, 4) is 11.3 Å². The first-order valence-corrected chi connectivity index (χ1v) is 7.33. The minimum absolute atomic E-state index is 0.347. The Kier molecular flexibility index (Phi) is 5.37. The van der Waals surface area contributed by atoms with Crippen molar-refractivity contribution >= 4 is 5.96 Å². The van der Waals surface area contributed by atoms with E-state index in [9.17, 15) is 0 Å². The van der Waals surface area contributed by atoms with Gasteiger partial charge in [0.1, 0.15) is 12.4 Å². The van der Waals surface area contributed by atoms with Crippen molar-refractivity contribution in [3.05, 3.63) is 42.4 Å². The molecule has 1 aromatic heterocycles. The maximum atomic E-state index is 4.53. The molecule has 0 atom stereocenters. The first-order chi connectivity index (χ1) is 10.2. The summed E-state index contributed by atoms with van der Waals surface area (Å²) in [4.78, 5) is 12.2. The molecule has 21 heavy (non-hydrogen) atoms. The molecule has 0 amide bonds. The Labute approximate surface area is 125 Å². The van der Waals surface area contributed by atoms with E-state index in [2.05, 4.69) is 58.5 Å². The standard InChI is InChI=1S/C16H23N5/c1-4-17-16(20-12(2)3)19-11-15-18-10-14(21-15)13-8-6-5-7-9-13/h5-10,12H,4,11H2,1-3H3,(H,18,21)(H2,17,19,20). The van der Waals surface area contributed by atoms with Crippen LogP contribution in [0, 0.1) is 0 Å². The summed E-state index contributed by atoms with van der Waals surface area (Å²) in [6.45, 7) is 7.60. The molecule has 0 aliphatic carbocycles. The number of benzene rings is 1. The van der Waals surface area contributed by atoms with Gasteiger partial charge in [-0.2, -0.15) is 0 Å². The summed E-state index contributed by atoms with van der Waals surface area (Å²) in [5, 5.41) is 6.51. The zero-order valence-electron chi connectivity index (χ0n) is 12.9. The summed E-state index contributed by atoms with van der Waals surface area (Å²) < 4.78 is 0. The molecule has 1 heterocycles. The Hall–Kier alpha value is -2.30. The minimum Gasteiger partial charge on any atom is -0.357 e. The number of aliphatic imine (C=N–C) groups is 1. The van der Waals surface area contributed by atoms with Gasteiger partial charge < -0.3 is 15.6 Å². The lowest BCUT2D eigenvalue weighted by molar-refractivity contribution is 0.699. The van der Waals surface area contributed by atoms with Gasteiger partial charge in [0.2, 0.25) is 0 Å². The van der Waals surface area contributed by atoms with Crippen molar-refractivity contribution < 1.29 is 0 Å². The van der Waals surface area contributed by atoms with E-state index in [1.165, 1.54) is 0 Å². The minimum atomic E-state index is 0.347. The first-order valence-electron chi connectivity index (χ1n) is 7.33. The molecule has 0 aliphatic rings. The van der Waals surface area contributed by atoms with Crippen molar-refractivity contribution in [1.82, 2.24) is 20.6 Å². The number of guanidine groups is 1. The van der Waals surface area contributed by atoms with Crippen LogP contribution in [0.4, 0.5) is 0 Å². The molecular weight excluding hydrogens is 262 g/mol. The second kappa shape index (κ2) is 7.47. The zero-order chi connectivity index (χ0) is 15.1. The van der Waals surface area contributed by atoms with Gasteiger partial charge in [0.25, 0.3) is 0 Å². The maximum Gasteiger partial charge on any atom is 0.191 e. The molecule has 0 aliphatic heterocycles. The number of nitrogens with zero attached hydrogens (tertiary/aromatic N) is 2. The topological polar surface area (TPSA) is 65.1 Å². The highest BCUT2D eigenvalue weighted by molar-refractivity contribution is 5.79. The van der Waals surface area contributed by atoms with Gasteiger partial charge in [0.05, 0.1) is 11.9 Å². The van der Waals surface area contributed by atoms with Crippen LogP contribution in [0.3, 0.4) is 0 Å². The quantitative estimate of drug-likeness (QED) is 0.584. The van der Waals surface area contributed by atoms with Gasteiger partial charge in [-0.05, 0) is 26.3 Å². The maximum absolute atomic E-state index is 4.53. The van der Waals surface area contributed by atoms with Crippen LogP contribution in [0.5, 0.6) is 0 Å². The molecule has 0 radical (unpaired) electrons.